The summed E-state index contributed by atoms with van der Waals surface area (Å²) in [4.78, 5) is 44.6. The number of hydrogen-bond donors (Lipinski definition) is 2. The van der Waals surface area contributed by atoms with E-state index in [0.29, 0.717) is 11.2 Å². The zero-order valence-corrected chi connectivity index (χ0v) is 18.7. The topological polar surface area (TPSA) is 96.8 Å². The van der Waals surface area contributed by atoms with E-state index in [1.165, 1.54) is 22.4 Å². The molecule has 0 aliphatic heterocycles. The number of aromatic amines is 1. The first kappa shape index (κ1) is 21.8. The minimum absolute atomic E-state index is 0.0612. The molecule has 0 bridgehead atoms. The van der Waals surface area contributed by atoms with Crippen LogP contribution in [0.5, 0.6) is 0 Å². The number of pyridine rings is 1. The van der Waals surface area contributed by atoms with Crippen LogP contribution in [0.4, 0.5) is 0 Å². The number of carbonyl (C=O) groups excluding carboxylic acids is 1. The lowest BCUT2D eigenvalue weighted by atomic mass is 9.98. The van der Waals surface area contributed by atoms with Gasteiger partial charge in [0.15, 0.2) is 0 Å². The molecule has 1 aliphatic carbocycles. The van der Waals surface area contributed by atoms with Crippen molar-refractivity contribution in [1.82, 2.24) is 19.9 Å². The quantitative estimate of drug-likeness (QED) is 0.422. The van der Waals surface area contributed by atoms with E-state index in [1.54, 1.807) is 0 Å². The number of rotatable bonds is 8. The van der Waals surface area contributed by atoms with Gasteiger partial charge in [-0.1, -0.05) is 60.7 Å². The molecule has 172 valence electrons. The minimum atomic E-state index is -0.526. The Hall–Kier alpha value is -4.00. The highest BCUT2D eigenvalue weighted by molar-refractivity contribution is 5.97. The average Bonchev–Trinajstić information content (AvgIpc) is 3.69. The second-order valence-corrected chi connectivity index (χ2v) is 8.77. The molecular weight excluding hydrogens is 428 g/mol. The molecule has 1 unspecified atom stereocenters. The predicted octanol–water partition coefficient (Wildman–Crippen LogP) is 3.91. The van der Waals surface area contributed by atoms with Gasteiger partial charge in [-0.25, -0.2) is 9.78 Å². The predicted molar refractivity (Wildman–Crippen MR) is 131 cm³/mol. The van der Waals surface area contributed by atoms with Crippen LogP contribution in [-0.4, -0.2) is 20.4 Å². The van der Waals surface area contributed by atoms with Crippen LogP contribution in [0.3, 0.4) is 0 Å². The van der Waals surface area contributed by atoms with E-state index in [4.69, 9.17) is 0 Å². The van der Waals surface area contributed by atoms with Crippen LogP contribution in [0.25, 0.3) is 11.0 Å². The Morgan fingerprint density at radius 3 is 2.47 bits per heavy atom. The number of nitrogens with zero attached hydrogens (tertiary/aromatic N) is 2. The summed E-state index contributed by atoms with van der Waals surface area (Å²) in [6.07, 6.45) is 5.81. The van der Waals surface area contributed by atoms with E-state index in [1.807, 2.05) is 48.5 Å². The standard InChI is InChI=1S/C27H26N4O3/c32-25(20-16-22-24(28-17-20)31(21-14-15-21)27(34)30-26(22)33)29-23(19-11-5-2-6-12-19)13-7-10-18-8-3-1-4-9-18/h1-6,8-9,11-12,16-17,21,23H,7,10,13-15H2,(H,29,32)(H,30,33,34). The molecule has 1 fully saturated rings. The summed E-state index contributed by atoms with van der Waals surface area (Å²) >= 11 is 0. The molecule has 4 aromatic rings. The number of aromatic nitrogens is 3. The summed E-state index contributed by atoms with van der Waals surface area (Å²) < 4.78 is 1.52. The smallest absolute Gasteiger partial charge is 0.330 e. The average molecular weight is 455 g/mol. The fourth-order valence-corrected chi connectivity index (χ4v) is 4.34. The first-order chi connectivity index (χ1) is 16.6. The summed E-state index contributed by atoms with van der Waals surface area (Å²) in [5.74, 6) is -0.300. The van der Waals surface area contributed by atoms with E-state index < -0.39 is 11.2 Å². The number of hydrogen-bond acceptors (Lipinski definition) is 4. The van der Waals surface area contributed by atoms with Crippen molar-refractivity contribution in [3.63, 3.8) is 0 Å². The highest BCUT2D eigenvalue weighted by Crippen LogP contribution is 2.34. The Morgan fingerprint density at radius 2 is 1.76 bits per heavy atom. The molecule has 1 atom stereocenters. The molecule has 2 N–H and O–H groups in total. The third kappa shape index (κ3) is 4.69. The Morgan fingerprint density at radius 1 is 1.06 bits per heavy atom. The van der Waals surface area contributed by atoms with Gasteiger partial charge >= 0.3 is 5.69 Å². The van der Waals surface area contributed by atoms with Crippen molar-refractivity contribution in [2.24, 2.45) is 0 Å². The zero-order valence-electron chi connectivity index (χ0n) is 18.7. The number of fused-ring (bicyclic) bond motifs is 1. The Labute approximate surface area is 196 Å². The lowest BCUT2D eigenvalue weighted by Crippen LogP contribution is -2.32. The van der Waals surface area contributed by atoms with Crippen molar-refractivity contribution in [3.05, 3.63) is 110 Å². The third-order valence-electron chi connectivity index (χ3n) is 6.26. The van der Waals surface area contributed by atoms with Crippen LogP contribution in [0.1, 0.15) is 59.3 Å². The zero-order chi connectivity index (χ0) is 23.5. The molecule has 5 rings (SSSR count). The lowest BCUT2D eigenvalue weighted by molar-refractivity contribution is 0.0934. The number of aryl methyl sites for hydroxylation is 1. The Bertz CT molecular complexity index is 1420. The van der Waals surface area contributed by atoms with Crippen LogP contribution < -0.4 is 16.6 Å². The highest BCUT2D eigenvalue weighted by atomic mass is 16.2. The third-order valence-corrected chi connectivity index (χ3v) is 6.26. The molecule has 7 heteroatoms. The van der Waals surface area contributed by atoms with Crippen LogP contribution in [-0.2, 0) is 6.42 Å². The first-order valence-corrected chi connectivity index (χ1v) is 11.6. The second kappa shape index (κ2) is 9.47. The van der Waals surface area contributed by atoms with Crippen molar-refractivity contribution in [3.8, 4) is 0 Å². The van der Waals surface area contributed by atoms with Crippen LogP contribution in [0.15, 0.2) is 82.5 Å². The molecule has 2 aromatic heterocycles. The van der Waals surface area contributed by atoms with Gasteiger partial charge in [-0.2, -0.15) is 0 Å². The number of amides is 1. The van der Waals surface area contributed by atoms with Gasteiger partial charge in [0.2, 0.25) is 0 Å². The molecule has 0 spiro atoms. The van der Waals surface area contributed by atoms with Crippen molar-refractivity contribution in [1.29, 1.82) is 0 Å². The van der Waals surface area contributed by atoms with Crippen molar-refractivity contribution < 1.29 is 4.79 Å². The molecule has 7 nitrogen and oxygen atoms in total. The monoisotopic (exact) mass is 454 g/mol. The van der Waals surface area contributed by atoms with Crippen molar-refractivity contribution in [2.75, 3.05) is 0 Å². The van der Waals surface area contributed by atoms with Gasteiger partial charge in [-0.15, -0.1) is 0 Å². The van der Waals surface area contributed by atoms with Crippen LogP contribution in [0, 0.1) is 0 Å². The summed E-state index contributed by atoms with van der Waals surface area (Å²) in [7, 11) is 0. The van der Waals surface area contributed by atoms with Gasteiger partial charge in [0, 0.05) is 12.2 Å². The molecule has 0 radical (unpaired) electrons. The number of nitrogens with one attached hydrogen (secondary N) is 2. The maximum Gasteiger partial charge on any atom is 0.330 e. The molecule has 1 aliphatic rings. The fourth-order valence-electron chi connectivity index (χ4n) is 4.34. The van der Waals surface area contributed by atoms with E-state index >= 15 is 0 Å². The number of H-pyrrole nitrogens is 1. The summed E-state index contributed by atoms with van der Waals surface area (Å²) in [5.41, 5.74) is 1.94. The van der Waals surface area contributed by atoms with Crippen molar-refractivity contribution in [2.45, 2.75) is 44.2 Å². The summed E-state index contributed by atoms with van der Waals surface area (Å²) in [6.45, 7) is 0. The van der Waals surface area contributed by atoms with Crippen LogP contribution >= 0.6 is 0 Å². The molecule has 34 heavy (non-hydrogen) atoms. The largest absolute Gasteiger partial charge is 0.345 e. The van der Waals surface area contributed by atoms with E-state index in [-0.39, 0.29) is 23.4 Å². The van der Waals surface area contributed by atoms with E-state index in [9.17, 15) is 14.4 Å². The number of benzene rings is 2. The van der Waals surface area contributed by atoms with E-state index in [0.717, 1.165) is 37.7 Å². The minimum Gasteiger partial charge on any atom is -0.345 e. The number of carbonyl (C=O) groups is 1. The normalized spacial score (nSPS) is 14.1. The fraction of sp³-hybridized carbons (Fsp3) is 0.259. The van der Waals surface area contributed by atoms with E-state index in [2.05, 4.69) is 27.4 Å². The molecular formula is C27H26N4O3. The molecule has 1 amide bonds. The summed E-state index contributed by atoms with van der Waals surface area (Å²) in [5, 5.41) is 3.37. The Kier molecular flexibility index (Phi) is 6.08. The maximum absolute atomic E-state index is 13.2. The molecule has 2 heterocycles. The van der Waals surface area contributed by atoms with Gasteiger partial charge in [0.05, 0.1) is 17.0 Å². The SMILES string of the molecule is O=C(NC(CCCc1ccccc1)c1ccccc1)c1cnc2c(c1)c(=O)[nH]c(=O)n2C1CC1. The highest BCUT2D eigenvalue weighted by Gasteiger charge is 2.28. The van der Waals surface area contributed by atoms with Gasteiger partial charge in [-0.05, 0) is 49.3 Å². The molecule has 1 saturated carbocycles. The second-order valence-electron chi connectivity index (χ2n) is 8.77. The lowest BCUT2D eigenvalue weighted by Gasteiger charge is -2.19. The first-order valence-electron chi connectivity index (χ1n) is 11.6. The van der Waals surface area contributed by atoms with Crippen molar-refractivity contribution >= 4 is 16.9 Å². The Balaban J connectivity index is 1.38. The molecule has 0 saturated heterocycles. The summed E-state index contributed by atoms with van der Waals surface area (Å²) in [6, 6.07) is 21.6. The van der Waals surface area contributed by atoms with Gasteiger partial charge < -0.3 is 5.32 Å². The van der Waals surface area contributed by atoms with Crippen LogP contribution in [0.2, 0.25) is 0 Å². The van der Waals surface area contributed by atoms with Gasteiger partial charge in [0.1, 0.15) is 5.65 Å². The van der Waals surface area contributed by atoms with Gasteiger partial charge in [-0.3, -0.25) is 19.1 Å². The maximum atomic E-state index is 13.2. The van der Waals surface area contributed by atoms with Gasteiger partial charge in [0.25, 0.3) is 11.5 Å². The molecule has 2 aromatic carbocycles.